The molecule has 144 valence electrons. The first-order chi connectivity index (χ1) is 12.9. The van der Waals surface area contributed by atoms with Gasteiger partial charge < -0.3 is 20.1 Å². The van der Waals surface area contributed by atoms with Gasteiger partial charge in [0.15, 0.2) is 11.5 Å². The molecule has 27 heavy (non-hydrogen) atoms. The van der Waals surface area contributed by atoms with E-state index < -0.39 is 5.91 Å². The maximum Gasteiger partial charge on any atom is 0.279 e. The molecule has 0 fully saturated rings. The summed E-state index contributed by atoms with van der Waals surface area (Å²) >= 11 is 0. The summed E-state index contributed by atoms with van der Waals surface area (Å²) < 4.78 is 11.1. The molecule has 1 amide bonds. The lowest BCUT2D eigenvalue weighted by Crippen LogP contribution is -2.16. The van der Waals surface area contributed by atoms with E-state index in [1.807, 2.05) is 52.2 Å². The molecular formula is C21H27N3O3. The predicted molar refractivity (Wildman–Crippen MR) is 108 cm³/mol. The number of carbonyl (C=O) groups excluding carboxylic acids is 1. The van der Waals surface area contributed by atoms with Crippen molar-refractivity contribution in [1.82, 2.24) is 4.90 Å². The number of hydrogen-bond acceptors (Lipinski definition) is 4. The Morgan fingerprint density at radius 3 is 2.15 bits per heavy atom. The summed E-state index contributed by atoms with van der Waals surface area (Å²) in [6.45, 7) is 5.59. The van der Waals surface area contributed by atoms with Gasteiger partial charge >= 0.3 is 0 Å². The van der Waals surface area contributed by atoms with Crippen LogP contribution >= 0.6 is 0 Å². The van der Waals surface area contributed by atoms with Crippen LogP contribution < -0.4 is 15.2 Å². The normalized spacial score (nSPS) is 11.5. The Morgan fingerprint density at radius 1 is 0.963 bits per heavy atom. The Balaban J connectivity index is 2.20. The highest BCUT2D eigenvalue weighted by Gasteiger charge is 2.12. The summed E-state index contributed by atoms with van der Waals surface area (Å²) in [4.78, 5) is 18.6. The maximum absolute atomic E-state index is 12.5. The third-order valence-electron chi connectivity index (χ3n) is 3.76. The molecule has 0 radical (unpaired) electrons. The van der Waals surface area contributed by atoms with Crippen molar-refractivity contribution in [1.29, 1.82) is 0 Å². The molecule has 0 atom stereocenters. The number of hydrogen-bond donors (Lipinski definition) is 1. The maximum atomic E-state index is 12.5. The Kier molecular flexibility index (Phi) is 7.37. The minimum Gasteiger partial charge on any atom is -0.490 e. The van der Waals surface area contributed by atoms with Crippen LogP contribution in [0.25, 0.3) is 0 Å². The number of nitrogens with zero attached hydrogens (tertiary/aromatic N) is 2. The van der Waals surface area contributed by atoms with Crippen LogP contribution in [0.2, 0.25) is 0 Å². The molecule has 0 bridgehead atoms. The predicted octanol–water partition coefficient (Wildman–Crippen LogP) is 3.09. The molecule has 0 spiro atoms. The monoisotopic (exact) mass is 369 g/mol. The fourth-order valence-corrected chi connectivity index (χ4v) is 2.57. The lowest BCUT2D eigenvalue weighted by Gasteiger charge is -2.11. The van der Waals surface area contributed by atoms with Crippen molar-refractivity contribution in [3.63, 3.8) is 0 Å². The number of amidine groups is 1. The topological polar surface area (TPSA) is 77.1 Å². The first-order valence-electron chi connectivity index (χ1n) is 8.96. The summed E-state index contributed by atoms with van der Waals surface area (Å²) in [5, 5.41) is 0. The fourth-order valence-electron chi connectivity index (χ4n) is 2.57. The minimum atomic E-state index is -0.422. The average Bonchev–Trinajstić information content (AvgIpc) is 2.63. The van der Waals surface area contributed by atoms with Gasteiger partial charge in [0, 0.05) is 17.7 Å². The van der Waals surface area contributed by atoms with Gasteiger partial charge in [0.05, 0.1) is 13.2 Å². The van der Waals surface area contributed by atoms with E-state index >= 15 is 0 Å². The van der Waals surface area contributed by atoms with Gasteiger partial charge in [-0.05, 0) is 51.7 Å². The molecule has 0 heterocycles. The van der Waals surface area contributed by atoms with Gasteiger partial charge in [-0.1, -0.05) is 24.3 Å². The summed E-state index contributed by atoms with van der Waals surface area (Å²) in [5.41, 5.74) is 8.29. The Labute approximate surface area is 160 Å². The number of benzene rings is 2. The Morgan fingerprint density at radius 2 is 1.56 bits per heavy atom. The van der Waals surface area contributed by atoms with E-state index in [-0.39, 0.29) is 5.84 Å². The van der Waals surface area contributed by atoms with Crippen molar-refractivity contribution >= 4 is 11.7 Å². The van der Waals surface area contributed by atoms with E-state index in [4.69, 9.17) is 15.2 Å². The number of carbonyl (C=O) groups is 1. The molecule has 0 unspecified atom stereocenters. The highest BCUT2D eigenvalue weighted by Crippen LogP contribution is 2.28. The lowest BCUT2D eigenvalue weighted by atomic mass is 10.1. The molecule has 0 saturated carbocycles. The van der Waals surface area contributed by atoms with Crippen LogP contribution in [0.3, 0.4) is 0 Å². The summed E-state index contributed by atoms with van der Waals surface area (Å²) in [5.74, 6) is 0.883. The van der Waals surface area contributed by atoms with Gasteiger partial charge in [-0.2, -0.15) is 4.99 Å². The standard InChI is InChI=1S/C21H27N3O3/c1-5-26-18-12-11-17(13-19(18)27-6-2)21(25)23-20(22)16-9-7-15(8-10-16)14-24(3)4/h7-13H,5-6,14H2,1-4H3,(H2,22,23,25). The highest BCUT2D eigenvalue weighted by molar-refractivity contribution is 6.08. The quantitative estimate of drug-likeness (QED) is 0.571. The summed E-state index contributed by atoms with van der Waals surface area (Å²) in [6.07, 6.45) is 0. The van der Waals surface area contributed by atoms with Crippen LogP contribution in [0.4, 0.5) is 0 Å². The van der Waals surface area contributed by atoms with E-state index in [1.54, 1.807) is 18.2 Å². The average molecular weight is 369 g/mol. The molecule has 0 aliphatic heterocycles. The van der Waals surface area contributed by atoms with Gasteiger partial charge in [-0.15, -0.1) is 0 Å². The first-order valence-corrected chi connectivity index (χ1v) is 8.96. The zero-order valence-corrected chi connectivity index (χ0v) is 16.4. The summed E-state index contributed by atoms with van der Waals surface area (Å²) in [7, 11) is 4.02. The molecule has 2 aromatic rings. The molecule has 0 saturated heterocycles. The molecule has 6 heteroatoms. The van der Waals surface area contributed by atoms with Crippen molar-refractivity contribution in [2.75, 3.05) is 27.3 Å². The van der Waals surface area contributed by atoms with Crippen LogP contribution in [0.5, 0.6) is 11.5 Å². The van der Waals surface area contributed by atoms with Crippen molar-refractivity contribution < 1.29 is 14.3 Å². The number of aliphatic imine (C=N–C) groups is 1. The van der Waals surface area contributed by atoms with E-state index in [0.717, 1.165) is 12.1 Å². The number of ether oxygens (including phenoxy) is 2. The van der Waals surface area contributed by atoms with Crippen LogP contribution in [-0.2, 0) is 6.54 Å². The largest absolute Gasteiger partial charge is 0.490 e. The molecule has 0 aliphatic carbocycles. The van der Waals surface area contributed by atoms with E-state index in [9.17, 15) is 4.79 Å². The van der Waals surface area contributed by atoms with Gasteiger partial charge in [0.1, 0.15) is 5.84 Å². The van der Waals surface area contributed by atoms with Crippen LogP contribution in [0.1, 0.15) is 35.3 Å². The SMILES string of the molecule is CCOc1ccc(C(=O)N=C(N)c2ccc(CN(C)C)cc2)cc1OCC. The van der Waals surface area contributed by atoms with Gasteiger partial charge in [-0.25, -0.2) is 0 Å². The third-order valence-corrected chi connectivity index (χ3v) is 3.76. The second kappa shape index (κ2) is 9.73. The summed E-state index contributed by atoms with van der Waals surface area (Å²) in [6, 6.07) is 12.7. The second-order valence-corrected chi connectivity index (χ2v) is 6.26. The molecule has 0 aromatic heterocycles. The molecule has 6 nitrogen and oxygen atoms in total. The van der Waals surface area contributed by atoms with E-state index in [0.29, 0.717) is 35.8 Å². The van der Waals surface area contributed by atoms with Crippen LogP contribution in [0.15, 0.2) is 47.5 Å². The minimum absolute atomic E-state index is 0.184. The van der Waals surface area contributed by atoms with Crippen LogP contribution in [0, 0.1) is 0 Å². The van der Waals surface area contributed by atoms with E-state index in [2.05, 4.69) is 9.89 Å². The number of rotatable bonds is 8. The van der Waals surface area contributed by atoms with Gasteiger partial charge in [-0.3, -0.25) is 4.79 Å². The molecular weight excluding hydrogens is 342 g/mol. The van der Waals surface area contributed by atoms with Crippen molar-refractivity contribution in [2.45, 2.75) is 20.4 Å². The molecule has 2 aromatic carbocycles. The van der Waals surface area contributed by atoms with E-state index in [1.165, 1.54) is 0 Å². The van der Waals surface area contributed by atoms with Crippen molar-refractivity contribution in [3.05, 3.63) is 59.2 Å². The second-order valence-electron chi connectivity index (χ2n) is 6.26. The van der Waals surface area contributed by atoms with Gasteiger partial charge in [0.2, 0.25) is 0 Å². The smallest absolute Gasteiger partial charge is 0.279 e. The zero-order chi connectivity index (χ0) is 19.8. The Hall–Kier alpha value is -2.86. The zero-order valence-electron chi connectivity index (χ0n) is 16.4. The molecule has 2 N–H and O–H groups in total. The fraction of sp³-hybridized carbons (Fsp3) is 0.333. The third kappa shape index (κ3) is 5.82. The number of amides is 1. The first kappa shape index (κ1) is 20.5. The molecule has 2 rings (SSSR count). The highest BCUT2D eigenvalue weighted by atomic mass is 16.5. The van der Waals surface area contributed by atoms with Gasteiger partial charge in [0.25, 0.3) is 5.91 Å². The van der Waals surface area contributed by atoms with Crippen molar-refractivity contribution in [2.24, 2.45) is 10.7 Å². The molecule has 0 aliphatic rings. The lowest BCUT2D eigenvalue weighted by molar-refractivity contribution is 0.100. The van der Waals surface area contributed by atoms with Crippen molar-refractivity contribution in [3.8, 4) is 11.5 Å². The number of nitrogens with two attached hydrogens (primary N) is 1. The van der Waals surface area contributed by atoms with Crippen LogP contribution in [-0.4, -0.2) is 44.0 Å². The Bertz CT molecular complexity index is 799.